The SMILES string of the molecule is COc1cc(CCC(=O)Cl)cc(OS(=O)(=O)c2ccc(C)cc2)c1OC. The Labute approximate surface area is 157 Å². The van der Waals surface area contributed by atoms with E-state index in [1.807, 2.05) is 6.92 Å². The van der Waals surface area contributed by atoms with Gasteiger partial charge in [0.2, 0.25) is 11.0 Å². The smallest absolute Gasteiger partial charge is 0.339 e. The van der Waals surface area contributed by atoms with E-state index in [0.29, 0.717) is 17.7 Å². The van der Waals surface area contributed by atoms with Gasteiger partial charge in [-0.2, -0.15) is 8.42 Å². The number of hydrogen-bond donors (Lipinski definition) is 0. The van der Waals surface area contributed by atoms with Crippen molar-refractivity contribution in [1.82, 2.24) is 0 Å². The molecule has 0 N–H and O–H groups in total. The van der Waals surface area contributed by atoms with Crippen molar-refractivity contribution in [2.75, 3.05) is 14.2 Å². The Balaban J connectivity index is 2.43. The van der Waals surface area contributed by atoms with Gasteiger partial charge in [-0.15, -0.1) is 0 Å². The molecule has 2 aromatic carbocycles. The van der Waals surface area contributed by atoms with Crippen molar-refractivity contribution in [1.29, 1.82) is 0 Å². The van der Waals surface area contributed by atoms with Crippen LogP contribution in [-0.2, 0) is 21.3 Å². The van der Waals surface area contributed by atoms with Crippen LogP contribution in [0.5, 0.6) is 17.2 Å². The quantitative estimate of drug-likeness (QED) is 0.500. The van der Waals surface area contributed by atoms with E-state index in [1.54, 1.807) is 18.2 Å². The van der Waals surface area contributed by atoms with E-state index in [9.17, 15) is 13.2 Å². The molecule has 8 heteroatoms. The highest BCUT2D eigenvalue weighted by Crippen LogP contribution is 2.40. The highest BCUT2D eigenvalue weighted by molar-refractivity contribution is 7.87. The maximum atomic E-state index is 12.6. The highest BCUT2D eigenvalue weighted by atomic mass is 35.5. The highest BCUT2D eigenvalue weighted by Gasteiger charge is 2.22. The summed E-state index contributed by atoms with van der Waals surface area (Å²) in [6.45, 7) is 1.85. The number of aryl methyl sites for hydroxylation is 2. The van der Waals surface area contributed by atoms with Gasteiger partial charge in [-0.3, -0.25) is 4.79 Å². The first-order valence-electron chi connectivity index (χ1n) is 7.71. The van der Waals surface area contributed by atoms with E-state index >= 15 is 0 Å². The maximum absolute atomic E-state index is 12.6. The van der Waals surface area contributed by atoms with Gasteiger partial charge in [0.15, 0.2) is 11.5 Å². The van der Waals surface area contributed by atoms with Crippen molar-refractivity contribution in [3.05, 3.63) is 47.5 Å². The largest absolute Gasteiger partial charge is 0.493 e. The van der Waals surface area contributed by atoms with E-state index in [1.165, 1.54) is 32.4 Å². The van der Waals surface area contributed by atoms with E-state index in [4.69, 9.17) is 25.3 Å². The lowest BCUT2D eigenvalue weighted by atomic mass is 10.1. The van der Waals surface area contributed by atoms with Crippen molar-refractivity contribution in [3.8, 4) is 17.2 Å². The molecule has 0 aromatic heterocycles. The molecule has 26 heavy (non-hydrogen) atoms. The first-order chi connectivity index (χ1) is 12.3. The fourth-order valence-corrected chi connectivity index (χ4v) is 3.32. The minimum Gasteiger partial charge on any atom is -0.493 e. The Morgan fingerprint density at radius 1 is 1.04 bits per heavy atom. The lowest BCUT2D eigenvalue weighted by Crippen LogP contribution is -2.11. The first kappa shape index (κ1) is 20.1. The van der Waals surface area contributed by atoms with Gasteiger partial charge in [0.05, 0.1) is 14.2 Å². The molecule has 0 aliphatic heterocycles. The summed E-state index contributed by atoms with van der Waals surface area (Å²) in [6.07, 6.45) is 0.408. The van der Waals surface area contributed by atoms with Gasteiger partial charge >= 0.3 is 10.1 Å². The van der Waals surface area contributed by atoms with Crippen molar-refractivity contribution < 1.29 is 26.9 Å². The molecule has 2 aromatic rings. The van der Waals surface area contributed by atoms with Crippen LogP contribution in [0.25, 0.3) is 0 Å². The predicted octanol–water partition coefficient (Wildman–Crippen LogP) is 3.48. The minimum absolute atomic E-state index is 0.0189. The van der Waals surface area contributed by atoms with Gasteiger partial charge in [-0.05, 0) is 54.8 Å². The van der Waals surface area contributed by atoms with Crippen LogP contribution in [0.1, 0.15) is 17.5 Å². The lowest BCUT2D eigenvalue weighted by Gasteiger charge is -2.15. The van der Waals surface area contributed by atoms with Crippen LogP contribution in [0.15, 0.2) is 41.3 Å². The molecule has 0 aliphatic rings. The molecular weight excluding hydrogens is 380 g/mol. The average Bonchev–Trinajstić information content (AvgIpc) is 2.59. The number of halogens is 1. The number of methoxy groups -OCH3 is 2. The van der Waals surface area contributed by atoms with Crippen LogP contribution in [-0.4, -0.2) is 27.9 Å². The summed E-state index contributed by atoms with van der Waals surface area (Å²) in [5.41, 5.74) is 1.56. The van der Waals surface area contributed by atoms with Gasteiger partial charge in [-0.25, -0.2) is 0 Å². The van der Waals surface area contributed by atoms with Crippen LogP contribution in [0.4, 0.5) is 0 Å². The van der Waals surface area contributed by atoms with Crippen molar-refractivity contribution in [2.45, 2.75) is 24.7 Å². The molecule has 0 heterocycles. The number of carbonyl (C=O) groups excluding carboxylic acids is 1. The third-order valence-corrected chi connectivity index (χ3v) is 5.06. The molecule has 0 radical (unpaired) electrons. The molecule has 0 amide bonds. The van der Waals surface area contributed by atoms with Gasteiger partial charge in [0, 0.05) is 6.42 Å². The summed E-state index contributed by atoms with van der Waals surface area (Å²) in [5.74, 6) is 0.412. The second kappa shape index (κ2) is 8.42. The van der Waals surface area contributed by atoms with Crippen molar-refractivity contribution in [3.63, 3.8) is 0 Å². The molecule has 6 nitrogen and oxygen atoms in total. The minimum atomic E-state index is -4.06. The number of hydrogen-bond acceptors (Lipinski definition) is 6. The zero-order valence-electron chi connectivity index (χ0n) is 14.6. The van der Waals surface area contributed by atoms with Crippen molar-refractivity contribution >= 4 is 27.0 Å². The standard InChI is InChI=1S/C18H19ClO6S/c1-12-4-7-14(8-5-12)26(21,22)25-16-11-13(6-9-17(19)20)10-15(23-2)18(16)24-3/h4-5,7-8,10-11H,6,9H2,1-3H3. The monoisotopic (exact) mass is 398 g/mol. The zero-order valence-corrected chi connectivity index (χ0v) is 16.2. The maximum Gasteiger partial charge on any atom is 0.339 e. The molecule has 0 unspecified atom stereocenters. The van der Waals surface area contributed by atoms with Crippen molar-refractivity contribution in [2.24, 2.45) is 0 Å². The van der Waals surface area contributed by atoms with Gasteiger partial charge in [0.1, 0.15) is 4.90 Å². The second-order valence-corrected chi connectivity index (χ2v) is 7.50. The third-order valence-electron chi connectivity index (χ3n) is 3.62. The van der Waals surface area contributed by atoms with E-state index < -0.39 is 15.4 Å². The normalized spacial score (nSPS) is 11.1. The molecule has 0 bridgehead atoms. The molecule has 0 atom stereocenters. The lowest BCUT2D eigenvalue weighted by molar-refractivity contribution is -0.111. The Bertz CT molecular complexity index is 891. The van der Waals surface area contributed by atoms with Crippen LogP contribution < -0.4 is 13.7 Å². The topological polar surface area (TPSA) is 78.9 Å². The Kier molecular flexibility index (Phi) is 6.50. The number of carbonyl (C=O) groups is 1. The molecule has 2 rings (SSSR count). The average molecular weight is 399 g/mol. The fraction of sp³-hybridized carbons (Fsp3) is 0.278. The molecule has 0 saturated carbocycles. The van der Waals surface area contributed by atoms with Crippen LogP contribution in [0, 0.1) is 6.92 Å². The molecule has 0 fully saturated rings. The number of rotatable bonds is 8. The Morgan fingerprint density at radius 3 is 2.19 bits per heavy atom. The molecular formula is C18H19ClO6S. The fourth-order valence-electron chi connectivity index (χ4n) is 2.30. The van der Waals surface area contributed by atoms with Crippen LogP contribution >= 0.6 is 11.6 Å². The number of ether oxygens (including phenoxy) is 2. The second-order valence-electron chi connectivity index (χ2n) is 5.54. The van der Waals surface area contributed by atoms with Gasteiger partial charge in [0.25, 0.3) is 0 Å². The van der Waals surface area contributed by atoms with E-state index in [2.05, 4.69) is 0 Å². The summed E-state index contributed by atoms with van der Waals surface area (Å²) in [7, 11) is -1.26. The molecule has 0 spiro atoms. The zero-order chi connectivity index (χ0) is 19.3. The summed E-state index contributed by atoms with van der Waals surface area (Å²) in [4.78, 5) is 11.0. The summed E-state index contributed by atoms with van der Waals surface area (Å²) in [5, 5.41) is -0.491. The molecule has 140 valence electrons. The Hall–Kier alpha value is -2.25. The molecule has 0 saturated heterocycles. The summed E-state index contributed by atoms with van der Waals surface area (Å²) < 4.78 is 40.9. The Morgan fingerprint density at radius 2 is 1.65 bits per heavy atom. The predicted molar refractivity (Wildman–Crippen MR) is 97.7 cm³/mol. The van der Waals surface area contributed by atoms with Crippen LogP contribution in [0.3, 0.4) is 0 Å². The van der Waals surface area contributed by atoms with Crippen LogP contribution in [0.2, 0.25) is 0 Å². The van der Waals surface area contributed by atoms with Gasteiger partial charge in [-0.1, -0.05) is 17.7 Å². The molecule has 0 aliphatic carbocycles. The van der Waals surface area contributed by atoms with E-state index in [0.717, 1.165) is 5.56 Å². The van der Waals surface area contributed by atoms with E-state index in [-0.39, 0.29) is 22.8 Å². The summed E-state index contributed by atoms with van der Waals surface area (Å²) >= 11 is 5.38. The number of benzene rings is 2. The first-order valence-corrected chi connectivity index (χ1v) is 9.50. The third kappa shape index (κ3) is 4.89. The summed E-state index contributed by atoms with van der Waals surface area (Å²) in [6, 6.07) is 9.42. The van der Waals surface area contributed by atoms with Gasteiger partial charge < -0.3 is 13.7 Å².